The van der Waals surface area contributed by atoms with Crippen molar-refractivity contribution >= 4 is 17.5 Å². The van der Waals surface area contributed by atoms with Gasteiger partial charge in [0.1, 0.15) is 5.82 Å². The number of halogens is 3. The Morgan fingerprint density at radius 3 is 2.22 bits per heavy atom. The number of amides is 1. The Balaban J connectivity index is 1.58. The first-order valence-electron chi connectivity index (χ1n) is 7.88. The second-order valence-electron chi connectivity index (χ2n) is 5.51. The minimum Gasteiger partial charge on any atom is -0.363 e. The van der Waals surface area contributed by atoms with E-state index in [2.05, 4.69) is 25.8 Å². The van der Waals surface area contributed by atoms with Gasteiger partial charge >= 0.3 is 6.18 Å². The number of carbonyl (C=O) groups excluding carboxylic acids is 1. The summed E-state index contributed by atoms with van der Waals surface area (Å²) in [5.74, 6) is 0.101. The van der Waals surface area contributed by atoms with E-state index in [4.69, 9.17) is 0 Å². The Hall–Kier alpha value is -3.49. The predicted molar refractivity (Wildman–Crippen MR) is 93.0 cm³/mol. The lowest BCUT2D eigenvalue weighted by Gasteiger charge is -2.08. The average molecular weight is 373 g/mol. The summed E-state index contributed by atoms with van der Waals surface area (Å²) >= 11 is 0. The number of nitrogens with zero attached hydrogens (tertiary/aromatic N) is 3. The van der Waals surface area contributed by atoms with E-state index in [1.165, 1.54) is 6.07 Å². The Bertz CT molecular complexity index is 897. The summed E-state index contributed by atoms with van der Waals surface area (Å²) in [6.07, 6.45) is -2.76. The van der Waals surface area contributed by atoms with E-state index in [9.17, 15) is 18.0 Å². The maximum atomic E-state index is 12.5. The van der Waals surface area contributed by atoms with Crippen LogP contribution in [0.25, 0.3) is 0 Å². The fourth-order valence-electron chi connectivity index (χ4n) is 2.18. The highest BCUT2D eigenvalue weighted by molar-refractivity contribution is 6.03. The Labute approximate surface area is 152 Å². The van der Waals surface area contributed by atoms with Crippen molar-refractivity contribution in [2.45, 2.75) is 12.7 Å². The third-order valence-corrected chi connectivity index (χ3v) is 3.56. The number of anilines is 2. The SMILES string of the molecule is O=C(Nc1ccc(NCc2ccccn2)nn1)c1ccc(C(F)(F)F)cc1. The zero-order chi connectivity index (χ0) is 19.3. The molecule has 0 atom stereocenters. The topological polar surface area (TPSA) is 79.8 Å². The van der Waals surface area contributed by atoms with E-state index in [0.717, 1.165) is 30.0 Å². The van der Waals surface area contributed by atoms with Crippen LogP contribution in [0.2, 0.25) is 0 Å². The first kappa shape index (κ1) is 18.3. The molecule has 0 bridgehead atoms. The third-order valence-electron chi connectivity index (χ3n) is 3.56. The van der Waals surface area contributed by atoms with Crippen LogP contribution in [0.15, 0.2) is 60.8 Å². The summed E-state index contributed by atoms with van der Waals surface area (Å²) in [6.45, 7) is 0.465. The Kier molecular flexibility index (Phi) is 5.30. The number of hydrogen-bond acceptors (Lipinski definition) is 5. The van der Waals surface area contributed by atoms with Crippen LogP contribution in [0.1, 0.15) is 21.6 Å². The summed E-state index contributed by atoms with van der Waals surface area (Å²) in [5.41, 5.74) is 0.100. The molecule has 6 nitrogen and oxygen atoms in total. The summed E-state index contributed by atoms with van der Waals surface area (Å²) < 4.78 is 37.6. The van der Waals surface area contributed by atoms with Gasteiger partial charge in [0.15, 0.2) is 5.82 Å². The molecule has 1 amide bonds. The van der Waals surface area contributed by atoms with Crippen molar-refractivity contribution < 1.29 is 18.0 Å². The van der Waals surface area contributed by atoms with Crippen molar-refractivity contribution in [2.24, 2.45) is 0 Å². The lowest BCUT2D eigenvalue weighted by atomic mass is 10.1. The molecule has 0 aliphatic carbocycles. The van der Waals surface area contributed by atoms with Crippen LogP contribution in [0, 0.1) is 0 Å². The molecule has 0 aliphatic rings. The van der Waals surface area contributed by atoms with Crippen molar-refractivity contribution in [3.05, 3.63) is 77.6 Å². The molecule has 3 rings (SSSR count). The van der Waals surface area contributed by atoms with Gasteiger partial charge in [-0.25, -0.2) is 0 Å². The van der Waals surface area contributed by atoms with Gasteiger partial charge in [-0.2, -0.15) is 13.2 Å². The van der Waals surface area contributed by atoms with E-state index in [0.29, 0.717) is 12.4 Å². The van der Waals surface area contributed by atoms with Crippen LogP contribution in [-0.2, 0) is 12.7 Å². The Morgan fingerprint density at radius 1 is 0.926 bits per heavy atom. The van der Waals surface area contributed by atoms with E-state index in [-0.39, 0.29) is 11.4 Å². The maximum Gasteiger partial charge on any atom is 0.416 e. The first-order valence-corrected chi connectivity index (χ1v) is 7.88. The minimum absolute atomic E-state index is 0.0853. The summed E-state index contributed by atoms with van der Waals surface area (Å²) in [7, 11) is 0. The van der Waals surface area contributed by atoms with E-state index in [1.807, 2.05) is 18.2 Å². The number of nitrogens with one attached hydrogen (secondary N) is 2. The van der Waals surface area contributed by atoms with Crippen molar-refractivity contribution in [3.63, 3.8) is 0 Å². The summed E-state index contributed by atoms with van der Waals surface area (Å²) in [6, 6.07) is 12.6. The molecule has 0 saturated heterocycles. The van der Waals surface area contributed by atoms with E-state index < -0.39 is 17.6 Å². The third kappa shape index (κ3) is 5.00. The number of hydrogen-bond donors (Lipinski definition) is 2. The number of aromatic nitrogens is 3. The zero-order valence-corrected chi connectivity index (χ0v) is 13.9. The molecule has 0 spiro atoms. The van der Waals surface area contributed by atoms with E-state index in [1.54, 1.807) is 12.3 Å². The first-order chi connectivity index (χ1) is 12.9. The minimum atomic E-state index is -4.45. The molecule has 138 valence electrons. The summed E-state index contributed by atoms with van der Waals surface area (Å²) in [4.78, 5) is 16.3. The lowest BCUT2D eigenvalue weighted by molar-refractivity contribution is -0.137. The summed E-state index contributed by atoms with van der Waals surface area (Å²) in [5, 5.41) is 13.3. The molecule has 0 radical (unpaired) electrons. The zero-order valence-electron chi connectivity index (χ0n) is 13.9. The molecule has 0 saturated carbocycles. The molecule has 3 aromatic rings. The van der Waals surface area contributed by atoms with Crippen LogP contribution in [-0.4, -0.2) is 21.1 Å². The molecule has 27 heavy (non-hydrogen) atoms. The van der Waals surface area contributed by atoms with Gasteiger partial charge in [0.05, 0.1) is 17.8 Å². The molecule has 2 aromatic heterocycles. The predicted octanol–water partition coefficient (Wildman–Crippen LogP) is 3.75. The second kappa shape index (κ2) is 7.81. The largest absolute Gasteiger partial charge is 0.416 e. The van der Waals surface area contributed by atoms with Gasteiger partial charge in [-0.1, -0.05) is 6.07 Å². The lowest BCUT2D eigenvalue weighted by Crippen LogP contribution is -2.14. The monoisotopic (exact) mass is 373 g/mol. The fourth-order valence-corrected chi connectivity index (χ4v) is 2.18. The van der Waals surface area contributed by atoms with Crippen LogP contribution in [0.4, 0.5) is 24.8 Å². The van der Waals surface area contributed by atoms with Crippen LogP contribution in [0.3, 0.4) is 0 Å². The van der Waals surface area contributed by atoms with Gasteiger partial charge in [0.2, 0.25) is 0 Å². The van der Waals surface area contributed by atoms with Crippen molar-refractivity contribution in [1.82, 2.24) is 15.2 Å². The van der Waals surface area contributed by atoms with Crippen molar-refractivity contribution in [1.29, 1.82) is 0 Å². The molecule has 0 fully saturated rings. The molecule has 0 unspecified atom stereocenters. The quantitative estimate of drug-likeness (QED) is 0.712. The number of rotatable bonds is 5. The van der Waals surface area contributed by atoms with Gasteiger partial charge in [-0.3, -0.25) is 9.78 Å². The van der Waals surface area contributed by atoms with Crippen molar-refractivity contribution in [3.8, 4) is 0 Å². The normalized spacial score (nSPS) is 11.1. The Morgan fingerprint density at radius 2 is 1.63 bits per heavy atom. The molecule has 9 heteroatoms. The highest BCUT2D eigenvalue weighted by atomic mass is 19.4. The molecular weight excluding hydrogens is 359 g/mol. The average Bonchev–Trinajstić information content (AvgIpc) is 2.68. The van der Waals surface area contributed by atoms with Crippen LogP contribution < -0.4 is 10.6 Å². The highest BCUT2D eigenvalue weighted by Crippen LogP contribution is 2.29. The van der Waals surface area contributed by atoms with Crippen LogP contribution >= 0.6 is 0 Å². The highest BCUT2D eigenvalue weighted by Gasteiger charge is 2.30. The number of pyridine rings is 1. The maximum absolute atomic E-state index is 12.5. The van der Waals surface area contributed by atoms with Gasteiger partial charge in [0, 0.05) is 11.8 Å². The molecule has 1 aromatic carbocycles. The number of benzene rings is 1. The second-order valence-corrected chi connectivity index (χ2v) is 5.51. The van der Waals surface area contributed by atoms with Gasteiger partial charge in [-0.15, -0.1) is 10.2 Å². The fraction of sp³-hybridized carbons (Fsp3) is 0.111. The standard InChI is InChI=1S/C18H14F3N5O/c19-18(20,21)13-6-4-12(5-7-13)17(27)24-16-9-8-15(25-26-16)23-11-14-3-1-2-10-22-14/h1-10H,11H2,(H,23,25)(H,24,26,27). The molecule has 2 N–H and O–H groups in total. The number of alkyl halides is 3. The van der Waals surface area contributed by atoms with Gasteiger partial charge in [0.25, 0.3) is 5.91 Å². The number of carbonyl (C=O) groups is 1. The molecule has 0 aliphatic heterocycles. The van der Waals surface area contributed by atoms with Crippen molar-refractivity contribution in [2.75, 3.05) is 10.6 Å². The van der Waals surface area contributed by atoms with Gasteiger partial charge in [-0.05, 0) is 48.5 Å². The molecule has 2 heterocycles. The molecular formula is C18H14F3N5O. The van der Waals surface area contributed by atoms with Gasteiger partial charge < -0.3 is 10.6 Å². The smallest absolute Gasteiger partial charge is 0.363 e. The van der Waals surface area contributed by atoms with Crippen LogP contribution in [0.5, 0.6) is 0 Å². The van der Waals surface area contributed by atoms with E-state index >= 15 is 0 Å².